The van der Waals surface area contributed by atoms with Crippen LogP contribution in [0.1, 0.15) is 0 Å². The average Bonchev–Trinajstić information content (AvgIpc) is 2.43. The third kappa shape index (κ3) is 3.89. The minimum Gasteiger partial charge on any atom is -0.489 e. The van der Waals surface area contributed by atoms with Crippen LogP contribution in [0.15, 0.2) is 24.3 Å². The van der Waals surface area contributed by atoms with E-state index in [1.54, 1.807) is 18.2 Å². The first-order valence-corrected chi connectivity index (χ1v) is 6.70. The van der Waals surface area contributed by atoms with E-state index in [0.29, 0.717) is 18.9 Å². The van der Waals surface area contributed by atoms with Crippen molar-refractivity contribution in [1.29, 1.82) is 0 Å². The molecule has 1 saturated heterocycles. The molecule has 0 spiro atoms. The van der Waals surface area contributed by atoms with E-state index in [1.807, 2.05) is 0 Å². The van der Waals surface area contributed by atoms with Crippen molar-refractivity contribution in [3.8, 4) is 5.75 Å². The van der Waals surface area contributed by atoms with Gasteiger partial charge in [-0.3, -0.25) is 4.90 Å². The third-order valence-electron chi connectivity index (χ3n) is 3.59. The van der Waals surface area contributed by atoms with Gasteiger partial charge in [0.2, 0.25) is 0 Å². The monoisotopic (exact) mass is 267 g/mol. The molecule has 0 bridgehead atoms. The zero-order chi connectivity index (χ0) is 13.7. The number of hydrogen-bond donors (Lipinski definition) is 1. The molecule has 106 valence electrons. The average molecular weight is 267 g/mol. The number of para-hydroxylation sites is 1. The van der Waals surface area contributed by atoms with Gasteiger partial charge in [0, 0.05) is 32.7 Å². The lowest BCUT2D eigenvalue weighted by molar-refractivity contribution is 0.0845. The Hall–Kier alpha value is -1.17. The molecule has 1 fully saturated rings. The second kappa shape index (κ2) is 6.84. The van der Waals surface area contributed by atoms with Crippen molar-refractivity contribution in [2.45, 2.75) is 6.04 Å². The molecular formula is C14H22FN3O. The molecule has 0 radical (unpaired) electrons. The maximum Gasteiger partial charge on any atom is 0.165 e. The summed E-state index contributed by atoms with van der Waals surface area (Å²) in [5.74, 6) is -0.0215. The minimum absolute atomic E-state index is 0.147. The molecule has 5 heteroatoms. The molecule has 2 rings (SSSR count). The number of hydrogen-bond acceptors (Lipinski definition) is 4. The highest BCUT2D eigenvalue weighted by Crippen LogP contribution is 2.16. The smallest absolute Gasteiger partial charge is 0.165 e. The number of nitrogens with two attached hydrogens (primary N) is 1. The summed E-state index contributed by atoms with van der Waals surface area (Å²) >= 11 is 0. The summed E-state index contributed by atoms with van der Waals surface area (Å²) in [4.78, 5) is 4.61. The highest BCUT2D eigenvalue weighted by Gasteiger charge is 2.22. The van der Waals surface area contributed by atoms with Crippen molar-refractivity contribution in [2.75, 3.05) is 46.4 Å². The Morgan fingerprint density at radius 3 is 2.58 bits per heavy atom. The number of rotatable bonds is 5. The summed E-state index contributed by atoms with van der Waals surface area (Å²) in [5, 5.41) is 0. The predicted molar refractivity (Wildman–Crippen MR) is 73.8 cm³/mol. The molecule has 1 aromatic carbocycles. The Morgan fingerprint density at radius 1 is 1.26 bits per heavy atom. The summed E-state index contributed by atoms with van der Waals surface area (Å²) in [6.07, 6.45) is 0. The normalized spacial score (nSPS) is 19.3. The highest BCUT2D eigenvalue weighted by molar-refractivity contribution is 5.23. The number of piperazine rings is 1. The molecular weight excluding hydrogens is 245 g/mol. The number of likely N-dealkylation sites (N-methyl/N-ethyl adjacent to an activating group) is 1. The second-order valence-electron chi connectivity index (χ2n) is 4.97. The summed E-state index contributed by atoms with van der Waals surface area (Å²) in [6, 6.07) is 6.62. The largest absolute Gasteiger partial charge is 0.489 e. The first-order chi connectivity index (χ1) is 9.20. The van der Waals surface area contributed by atoms with E-state index in [1.165, 1.54) is 6.07 Å². The quantitative estimate of drug-likeness (QED) is 0.856. The van der Waals surface area contributed by atoms with Crippen LogP contribution in [0, 0.1) is 5.82 Å². The van der Waals surface area contributed by atoms with Crippen LogP contribution in [0.25, 0.3) is 0 Å². The maximum absolute atomic E-state index is 13.5. The van der Waals surface area contributed by atoms with Crippen LogP contribution >= 0.6 is 0 Å². The summed E-state index contributed by atoms with van der Waals surface area (Å²) < 4.78 is 19.0. The molecule has 0 saturated carbocycles. The molecule has 19 heavy (non-hydrogen) atoms. The fourth-order valence-corrected chi connectivity index (χ4v) is 2.26. The standard InChI is InChI=1S/C14H22FN3O/c1-17-6-8-18(9-7-17)12(10-16)11-19-14-5-3-2-4-13(14)15/h2-5,12H,6-11,16H2,1H3. The van der Waals surface area contributed by atoms with Gasteiger partial charge in [-0.1, -0.05) is 12.1 Å². The van der Waals surface area contributed by atoms with Crippen molar-refractivity contribution >= 4 is 0 Å². The van der Waals surface area contributed by atoms with E-state index in [9.17, 15) is 4.39 Å². The van der Waals surface area contributed by atoms with E-state index in [2.05, 4.69) is 16.8 Å². The van der Waals surface area contributed by atoms with Crippen LogP contribution in [0.5, 0.6) is 5.75 Å². The zero-order valence-electron chi connectivity index (χ0n) is 11.4. The Balaban J connectivity index is 1.87. The Kier molecular flexibility index (Phi) is 5.13. The second-order valence-corrected chi connectivity index (χ2v) is 4.97. The van der Waals surface area contributed by atoms with Gasteiger partial charge in [-0.05, 0) is 19.2 Å². The number of halogens is 1. The molecule has 0 aromatic heterocycles. The Morgan fingerprint density at radius 2 is 1.95 bits per heavy atom. The van der Waals surface area contributed by atoms with Gasteiger partial charge in [0.15, 0.2) is 11.6 Å². The molecule has 0 aliphatic carbocycles. The van der Waals surface area contributed by atoms with Gasteiger partial charge in [0.25, 0.3) is 0 Å². The van der Waals surface area contributed by atoms with E-state index < -0.39 is 0 Å². The van der Waals surface area contributed by atoms with E-state index in [4.69, 9.17) is 10.5 Å². The van der Waals surface area contributed by atoms with Gasteiger partial charge in [-0.25, -0.2) is 4.39 Å². The maximum atomic E-state index is 13.5. The van der Waals surface area contributed by atoms with E-state index in [0.717, 1.165) is 26.2 Å². The summed E-state index contributed by atoms with van der Waals surface area (Å²) in [6.45, 7) is 5.00. The van der Waals surface area contributed by atoms with Crippen molar-refractivity contribution in [3.05, 3.63) is 30.1 Å². The third-order valence-corrected chi connectivity index (χ3v) is 3.59. The molecule has 1 aromatic rings. The minimum atomic E-state index is -0.323. The molecule has 1 heterocycles. The Labute approximate surface area is 113 Å². The topological polar surface area (TPSA) is 41.7 Å². The van der Waals surface area contributed by atoms with Crippen molar-refractivity contribution < 1.29 is 9.13 Å². The lowest BCUT2D eigenvalue weighted by Crippen LogP contribution is -2.53. The molecule has 1 unspecified atom stereocenters. The van der Waals surface area contributed by atoms with Gasteiger partial charge < -0.3 is 15.4 Å². The van der Waals surface area contributed by atoms with Gasteiger partial charge in [0.1, 0.15) is 6.61 Å². The molecule has 1 atom stereocenters. The fourth-order valence-electron chi connectivity index (χ4n) is 2.26. The van der Waals surface area contributed by atoms with Crippen molar-refractivity contribution in [1.82, 2.24) is 9.80 Å². The number of ether oxygens (including phenoxy) is 1. The van der Waals surface area contributed by atoms with Crippen LogP contribution < -0.4 is 10.5 Å². The SMILES string of the molecule is CN1CCN(C(CN)COc2ccccc2F)CC1. The zero-order valence-corrected chi connectivity index (χ0v) is 11.4. The van der Waals surface area contributed by atoms with Crippen molar-refractivity contribution in [2.24, 2.45) is 5.73 Å². The van der Waals surface area contributed by atoms with Gasteiger partial charge >= 0.3 is 0 Å². The lowest BCUT2D eigenvalue weighted by atomic mass is 10.2. The molecule has 1 aliphatic heterocycles. The molecule has 0 amide bonds. The number of nitrogens with zero attached hydrogens (tertiary/aromatic N) is 2. The first-order valence-electron chi connectivity index (χ1n) is 6.70. The van der Waals surface area contributed by atoms with Crippen LogP contribution in [-0.2, 0) is 0 Å². The molecule has 1 aliphatic rings. The predicted octanol–water partition coefficient (Wildman–Crippen LogP) is 0.779. The van der Waals surface area contributed by atoms with Crippen LogP contribution in [0.4, 0.5) is 4.39 Å². The van der Waals surface area contributed by atoms with Crippen molar-refractivity contribution in [3.63, 3.8) is 0 Å². The fraction of sp³-hybridized carbons (Fsp3) is 0.571. The lowest BCUT2D eigenvalue weighted by Gasteiger charge is -2.37. The highest BCUT2D eigenvalue weighted by atomic mass is 19.1. The van der Waals surface area contributed by atoms with Crippen LogP contribution in [-0.4, -0.2) is 62.2 Å². The number of benzene rings is 1. The molecule has 4 nitrogen and oxygen atoms in total. The van der Waals surface area contributed by atoms with Gasteiger partial charge in [0.05, 0.1) is 6.04 Å². The van der Waals surface area contributed by atoms with E-state index >= 15 is 0 Å². The Bertz CT molecular complexity index is 394. The molecule has 2 N–H and O–H groups in total. The van der Waals surface area contributed by atoms with E-state index in [-0.39, 0.29) is 11.9 Å². The summed E-state index contributed by atoms with van der Waals surface area (Å²) in [7, 11) is 2.12. The summed E-state index contributed by atoms with van der Waals surface area (Å²) in [5.41, 5.74) is 5.81. The first kappa shape index (κ1) is 14.2. The van der Waals surface area contributed by atoms with Gasteiger partial charge in [-0.2, -0.15) is 0 Å². The van der Waals surface area contributed by atoms with Crippen LogP contribution in [0.3, 0.4) is 0 Å². The van der Waals surface area contributed by atoms with Crippen LogP contribution in [0.2, 0.25) is 0 Å². The van der Waals surface area contributed by atoms with Gasteiger partial charge in [-0.15, -0.1) is 0 Å².